The molecule has 70 valence electrons. The maximum Gasteiger partial charge on any atom is 0.307 e. The predicted molar refractivity (Wildman–Crippen MR) is 50.3 cm³/mol. The molecule has 3 heteroatoms. The van der Waals surface area contributed by atoms with E-state index in [-0.39, 0.29) is 17.8 Å². The Morgan fingerprint density at radius 1 is 1.75 bits per heavy atom. The molecule has 12 heavy (non-hydrogen) atoms. The fraction of sp³-hybridized carbons (Fsp3) is 0.667. The van der Waals surface area contributed by atoms with Gasteiger partial charge in [0.25, 0.3) is 0 Å². The lowest BCUT2D eigenvalue weighted by Crippen LogP contribution is -2.09. The van der Waals surface area contributed by atoms with Crippen LogP contribution in [0.15, 0.2) is 12.7 Å². The number of carbonyl (C=O) groups excluding carboxylic acids is 1. The minimum atomic E-state index is -0.221. The van der Waals surface area contributed by atoms with Gasteiger partial charge in [0.15, 0.2) is 0 Å². The van der Waals surface area contributed by atoms with Crippen molar-refractivity contribution in [3.8, 4) is 0 Å². The number of carbonyl (C=O) groups is 1. The van der Waals surface area contributed by atoms with Crippen molar-refractivity contribution >= 4 is 17.6 Å². The second kappa shape index (κ2) is 7.17. The highest BCUT2D eigenvalue weighted by atomic mass is 35.5. The molecule has 0 aliphatic rings. The quantitative estimate of drug-likeness (QED) is 0.279. The lowest BCUT2D eigenvalue weighted by molar-refractivity contribution is -0.143. The summed E-state index contributed by atoms with van der Waals surface area (Å²) in [6, 6.07) is 0. The first-order valence-corrected chi connectivity index (χ1v) is 4.51. The van der Waals surface area contributed by atoms with Gasteiger partial charge in [-0.1, -0.05) is 6.08 Å². The molecule has 0 aromatic carbocycles. The van der Waals surface area contributed by atoms with Crippen molar-refractivity contribution in [1.29, 1.82) is 0 Å². The standard InChI is InChI=1S/C9H15ClO2/c1-3-4-5-6-12-9(11)7-8(2)10/h3,8H,1,4-7H2,2H3. The van der Waals surface area contributed by atoms with Gasteiger partial charge >= 0.3 is 5.97 Å². The van der Waals surface area contributed by atoms with Crippen LogP contribution in [0.25, 0.3) is 0 Å². The van der Waals surface area contributed by atoms with E-state index in [2.05, 4.69) is 6.58 Å². The van der Waals surface area contributed by atoms with Crippen LogP contribution in [-0.2, 0) is 9.53 Å². The van der Waals surface area contributed by atoms with E-state index in [1.165, 1.54) is 0 Å². The average Bonchev–Trinajstić information content (AvgIpc) is 1.97. The maximum absolute atomic E-state index is 10.9. The molecular formula is C9H15ClO2. The van der Waals surface area contributed by atoms with Gasteiger partial charge in [-0.05, 0) is 19.8 Å². The lowest BCUT2D eigenvalue weighted by atomic mass is 10.3. The van der Waals surface area contributed by atoms with Crippen molar-refractivity contribution in [2.75, 3.05) is 6.61 Å². The molecule has 0 saturated heterocycles. The molecule has 0 saturated carbocycles. The molecule has 0 amide bonds. The average molecular weight is 191 g/mol. The van der Waals surface area contributed by atoms with Crippen LogP contribution in [0.3, 0.4) is 0 Å². The van der Waals surface area contributed by atoms with Crippen LogP contribution in [0, 0.1) is 0 Å². The van der Waals surface area contributed by atoms with Crippen molar-refractivity contribution in [2.45, 2.75) is 31.6 Å². The smallest absolute Gasteiger partial charge is 0.307 e. The van der Waals surface area contributed by atoms with Gasteiger partial charge in [-0.25, -0.2) is 0 Å². The molecule has 1 atom stereocenters. The van der Waals surface area contributed by atoms with E-state index < -0.39 is 0 Å². The summed E-state index contributed by atoms with van der Waals surface area (Å²) >= 11 is 5.60. The van der Waals surface area contributed by atoms with E-state index in [0.29, 0.717) is 6.61 Å². The van der Waals surface area contributed by atoms with Gasteiger partial charge in [0, 0.05) is 5.38 Å². The predicted octanol–water partition coefficient (Wildman–Crippen LogP) is 2.51. The van der Waals surface area contributed by atoms with Gasteiger partial charge in [-0.15, -0.1) is 18.2 Å². The van der Waals surface area contributed by atoms with Gasteiger partial charge in [-0.2, -0.15) is 0 Å². The number of alkyl halides is 1. The van der Waals surface area contributed by atoms with Gasteiger partial charge in [0.1, 0.15) is 0 Å². The Labute approximate surface area is 78.5 Å². The zero-order valence-electron chi connectivity index (χ0n) is 7.38. The molecule has 0 radical (unpaired) electrons. The Morgan fingerprint density at radius 3 is 2.92 bits per heavy atom. The van der Waals surface area contributed by atoms with E-state index in [1.807, 2.05) is 0 Å². The zero-order valence-corrected chi connectivity index (χ0v) is 8.14. The van der Waals surface area contributed by atoms with Gasteiger partial charge in [-0.3, -0.25) is 4.79 Å². The normalized spacial score (nSPS) is 12.2. The SMILES string of the molecule is C=CCCCOC(=O)CC(C)Cl. The van der Waals surface area contributed by atoms with Crippen molar-refractivity contribution in [3.05, 3.63) is 12.7 Å². The molecule has 0 aliphatic carbocycles. The van der Waals surface area contributed by atoms with E-state index in [9.17, 15) is 4.79 Å². The molecule has 2 nitrogen and oxygen atoms in total. The summed E-state index contributed by atoms with van der Waals surface area (Å²) in [5.74, 6) is -0.221. The molecule has 0 N–H and O–H groups in total. The lowest BCUT2D eigenvalue weighted by Gasteiger charge is -2.04. The Hall–Kier alpha value is -0.500. The third kappa shape index (κ3) is 7.61. The van der Waals surface area contributed by atoms with Crippen molar-refractivity contribution in [1.82, 2.24) is 0 Å². The second-order valence-electron chi connectivity index (χ2n) is 2.64. The number of hydrogen-bond acceptors (Lipinski definition) is 2. The Morgan fingerprint density at radius 2 is 2.42 bits per heavy atom. The highest BCUT2D eigenvalue weighted by Gasteiger charge is 2.06. The number of rotatable bonds is 6. The van der Waals surface area contributed by atoms with Crippen molar-refractivity contribution in [2.24, 2.45) is 0 Å². The van der Waals surface area contributed by atoms with Gasteiger partial charge in [0.2, 0.25) is 0 Å². The minimum Gasteiger partial charge on any atom is -0.466 e. The minimum absolute atomic E-state index is 0.142. The van der Waals surface area contributed by atoms with Crippen LogP contribution in [0.5, 0.6) is 0 Å². The second-order valence-corrected chi connectivity index (χ2v) is 3.38. The number of ether oxygens (including phenoxy) is 1. The summed E-state index contributed by atoms with van der Waals surface area (Å²) < 4.78 is 4.88. The van der Waals surface area contributed by atoms with Gasteiger partial charge < -0.3 is 4.74 Å². The van der Waals surface area contributed by atoms with Crippen LogP contribution < -0.4 is 0 Å². The van der Waals surface area contributed by atoms with E-state index in [0.717, 1.165) is 12.8 Å². The van der Waals surface area contributed by atoms with E-state index >= 15 is 0 Å². The van der Waals surface area contributed by atoms with Crippen LogP contribution in [0.2, 0.25) is 0 Å². The number of halogens is 1. The highest BCUT2D eigenvalue weighted by molar-refractivity contribution is 6.21. The third-order valence-electron chi connectivity index (χ3n) is 1.26. The fourth-order valence-corrected chi connectivity index (χ4v) is 0.828. The summed E-state index contributed by atoms with van der Waals surface area (Å²) in [5.41, 5.74) is 0. The molecule has 0 fully saturated rings. The number of hydrogen-bond donors (Lipinski definition) is 0. The van der Waals surface area contributed by atoms with Crippen LogP contribution >= 0.6 is 11.6 Å². The summed E-state index contributed by atoms with van der Waals surface area (Å²) in [5, 5.41) is -0.142. The Balaban J connectivity index is 3.25. The molecule has 0 aliphatic heterocycles. The summed E-state index contributed by atoms with van der Waals surface area (Å²) in [6.45, 7) is 5.80. The first kappa shape index (κ1) is 11.5. The van der Waals surface area contributed by atoms with E-state index in [1.54, 1.807) is 13.0 Å². The van der Waals surface area contributed by atoms with E-state index in [4.69, 9.17) is 16.3 Å². The molecule has 0 rings (SSSR count). The first-order chi connectivity index (χ1) is 5.66. The highest BCUT2D eigenvalue weighted by Crippen LogP contribution is 2.02. The number of esters is 1. The van der Waals surface area contributed by atoms with Crippen molar-refractivity contribution in [3.63, 3.8) is 0 Å². The molecule has 0 aromatic heterocycles. The van der Waals surface area contributed by atoms with Crippen LogP contribution in [0.4, 0.5) is 0 Å². The molecule has 0 bridgehead atoms. The molecule has 0 aromatic rings. The van der Waals surface area contributed by atoms with Crippen LogP contribution in [0.1, 0.15) is 26.2 Å². The third-order valence-corrected chi connectivity index (χ3v) is 1.42. The topological polar surface area (TPSA) is 26.3 Å². The fourth-order valence-electron chi connectivity index (χ4n) is 0.702. The largest absolute Gasteiger partial charge is 0.466 e. The van der Waals surface area contributed by atoms with Crippen molar-refractivity contribution < 1.29 is 9.53 Å². The summed E-state index contributed by atoms with van der Waals surface area (Å²) in [7, 11) is 0. The Bertz CT molecular complexity index is 143. The zero-order chi connectivity index (χ0) is 9.40. The first-order valence-electron chi connectivity index (χ1n) is 4.07. The molecule has 1 unspecified atom stereocenters. The summed E-state index contributed by atoms with van der Waals surface area (Å²) in [6.07, 6.45) is 3.81. The molecule has 0 spiro atoms. The van der Waals surface area contributed by atoms with Crippen LogP contribution in [-0.4, -0.2) is 18.0 Å². The summed E-state index contributed by atoms with van der Waals surface area (Å²) in [4.78, 5) is 10.9. The number of unbranched alkanes of at least 4 members (excludes halogenated alkanes) is 1. The number of allylic oxidation sites excluding steroid dienone is 1. The maximum atomic E-state index is 10.9. The molecule has 0 heterocycles. The van der Waals surface area contributed by atoms with Gasteiger partial charge in [0.05, 0.1) is 13.0 Å². The monoisotopic (exact) mass is 190 g/mol. The Kier molecular flexibility index (Phi) is 6.87. The molecular weight excluding hydrogens is 176 g/mol.